The first kappa shape index (κ1) is 22.4. The van der Waals surface area contributed by atoms with Gasteiger partial charge >= 0.3 is 75.5 Å². The average molecular weight is 188 g/mol. The van der Waals surface area contributed by atoms with Crippen LogP contribution in [0.3, 0.4) is 0 Å². The van der Waals surface area contributed by atoms with Gasteiger partial charge in [0.15, 0.2) is 0 Å². The van der Waals surface area contributed by atoms with E-state index < -0.39 is 5.97 Å². The molecule has 1 N–H and O–H groups in total. The molecule has 0 bridgehead atoms. The molecule has 0 aliphatic carbocycles. The third-order valence-corrected chi connectivity index (χ3v) is 0.387. The first-order chi connectivity index (χ1) is 2.27. The molecule has 0 spiro atoms. The quantitative estimate of drug-likeness (QED) is 0.372. The fraction of sp³-hybridized carbons (Fsp3) is 0.500. The van der Waals surface area contributed by atoms with E-state index in [0.29, 0.717) is 0 Å². The fourth-order valence-corrected chi connectivity index (χ4v) is 0. The van der Waals surface area contributed by atoms with Crippen LogP contribution in [0.15, 0.2) is 0 Å². The third-order valence-electron chi connectivity index (χ3n) is 0.129. The van der Waals surface area contributed by atoms with Gasteiger partial charge in [0.2, 0.25) is 0 Å². The van der Waals surface area contributed by atoms with E-state index in [4.69, 9.17) is 0 Å². The number of carbonyl (C=O) groups is 1. The zero-order valence-corrected chi connectivity index (χ0v) is 9.64. The number of hydrogen-bond donors (Lipinski definition) is 1. The van der Waals surface area contributed by atoms with Crippen LogP contribution in [0.1, 0.15) is 0 Å². The normalized spacial score (nSPS) is 4.62. The number of carbonyl (C=O) groups excluding carboxylic acids is 1. The summed E-state index contributed by atoms with van der Waals surface area (Å²) in [5.74, 6) is -1.33. The van der Waals surface area contributed by atoms with Crippen molar-refractivity contribution in [1.29, 1.82) is 0 Å². The summed E-state index contributed by atoms with van der Waals surface area (Å²) in [6.45, 7) is 0. The van der Waals surface area contributed by atoms with Crippen LogP contribution in [0.5, 0.6) is 0 Å². The molecule has 0 saturated carbocycles. The number of rotatable bonds is 1. The predicted molar refractivity (Wildman–Crippen MR) is 32.3 cm³/mol. The maximum atomic E-state index is 9.18. The molecule has 38 valence electrons. The van der Waals surface area contributed by atoms with Gasteiger partial charge in [0.25, 0.3) is 0 Å². The van der Waals surface area contributed by atoms with Crippen LogP contribution in [-0.4, -0.2) is 92.7 Å². The van der Waals surface area contributed by atoms with E-state index in [9.17, 15) is 9.90 Å². The summed E-state index contributed by atoms with van der Waals surface area (Å²) in [7, 11) is 0. The number of carboxylic acids is 1. The first-order valence-electron chi connectivity index (χ1n) is 1.08. The predicted octanol–water partition coefficient (Wildman–Crippen LogP) is -2.27. The molecule has 0 fully saturated rings. The van der Waals surface area contributed by atoms with Gasteiger partial charge in [0, 0.05) is 5.75 Å². The van der Waals surface area contributed by atoms with Crippen molar-refractivity contribution in [3.8, 4) is 0 Å². The van der Waals surface area contributed by atoms with Crippen LogP contribution in [0, 0.1) is 0 Å². The van der Waals surface area contributed by atoms with Crippen molar-refractivity contribution in [2.24, 2.45) is 0 Å². The van der Waals surface area contributed by atoms with Crippen LogP contribution >= 0.6 is 12.6 Å². The summed E-state index contributed by atoms with van der Waals surface area (Å²) >= 11 is 3.35. The van der Waals surface area contributed by atoms with Crippen molar-refractivity contribution in [3.63, 3.8) is 0 Å². The Labute approximate surface area is 113 Å². The Hall–Kier alpha value is 2.30. The SMILES string of the molecule is O=C([O-])CS.[Ca+2].[Ca+2].[OH-]. The standard InChI is InChI=1S/C2H4O2S.2Ca.H2O/c3-2(4)1-5;;;/h5H,1H2,(H,3,4);;;1H2/q;2*+2;/p-2. The first-order valence-corrected chi connectivity index (χ1v) is 1.71. The molecule has 0 aromatic heterocycles. The monoisotopic (exact) mass is 188 g/mol. The zero-order valence-electron chi connectivity index (χ0n) is 4.33. The Balaban J connectivity index is -0.0000000267. The largest absolute Gasteiger partial charge is 2.00 e. The smallest absolute Gasteiger partial charge is 0.870 e. The number of thiol groups is 1. The van der Waals surface area contributed by atoms with Gasteiger partial charge in [-0.15, -0.1) is 0 Å². The molecule has 8 heavy (non-hydrogen) atoms. The van der Waals surface area contributed by atoms with Gasteiger partial charge in [0.05, 0.1) is 5.97 Å². The van der Waals surface area contributed by atoms with Crippen molar-refractivity contribution in [3.05, 3.63) is 0 Å². The zero-order chi connectivity index (χ0) is 4.28. The van der Waals surface area contributed by atoms with Gasteiger partial charge in [-0.25, -0.2) is 0 Å². The second-order valence-corrected chi connectivity index (χ2v) is 0.846. The molecular weight excluding hydrogens is 184 g/mol. The minimum Gasteiger partial charge on any atom is -0.870 e. The Kier molecular flexibility index (Phi) is 45.3. The van der Waals surface area contributed by atoms with Crippen LogP contribution in [0.4, 0.5) is 0 Å². The van der Waals surface area contributed by atoms with Crippen molar-refractivity contribution in [1.82, 2.24) is 0 Å². The van der Waals surface area contributed by atoms with E-state index in [1.165, 1.54) is 0 Å². The van der Waals surface area contributed by atoms with Crippen molar-refractivity contribution < 1.29 is 15.4 Å². The van der Waals surface area contributed by atoms with E-state index in [2.05, 4.69) is 12.6 Å². The van der Waals surface area contributed by atoms with Gasteiger partial charge in [-0.05, 0) is 0 Å². The topological polar surface area (TPSA) is 70.1 Å². The average Bonchev–Trinajstić information content (AvgIpc) is 1.38. The van der Waals surface area contributed by atoms with E-state index in [1.54, 1.807) is 0 Å². The van der Waals surface area contributed by atoms with Gasteiger partial charge in [0.1, 0.15) is 0 Å². The summed E-state index contributed by atoms with van der Waals surface area (Å²) in [6.07, 6.45) is 0. The fourth-order valence-electron chi connectivity index (χ4n) is 0. The molecule has 0 aliphatic heterocycles. The minimum atomic E-state index is -1.13. The van der Waals surface area contributed by atoms with Gasteiger partial charge in [-0.1, -0.05) is 0 Å². The second kappa shape index (κ2) is 16.1. The maximum absolute atomic E-state index is 9.18. The minimum absolute atomic E-state index is 0. The molecule has 0 atom stereocenters. The summed E-state index contributed by atoms with van der Waals surface area (Å²) in [4.78, 5) is 9.18. The van der Waals surface area contributed by atoms with Crippen molar-refractivity contribution in [2.45, 2.75) is 0 Å². The molecule has 0 heterocycles. The van der Waals surface area contributed by atoms with Crippen LogP contribution in [-0.2, 0) is 4.79 Å². The molecular formula is C2H4Ca2O3S+2. The van der Waals surface area contributed by atoms with E-state index >= 15 is 0 Å². The van der Waals surface area contributed by atoms with Gasteiger partial charge in [-0.2, -0.15) is 12.6 Å². The molecule has 0 saturated heterocycles. The molecule has 3 nitrogen and oxygen atoms in total. The Morgan fingerprint density at radius 1 is 1.50 bits per heavy atom. The second-order valence-electron chi connectivity index (χ2n) is 0.530. The van der Waals surface area contributed by atoms with Gasteiger partial charge < -0.3 is 15.4 Å². The van der Waals surface area contributed by atoms with E-state index in [0.717, 1.165) is 0 Å². The van der Waals surface area contributed by atoms with E-state index in [-0.39, 0.29) is 86.7 Å². The van der Waals surface area contributed by atoms with Crippen molar-refractivity contribution >= 4 is 94.1 Å². The molecule has 0 aromatic carbocycles. The molecule has 0 aliphatic rings. The Morgan fingerprint density at radius 3 is 1.62 bits per heavy atom. The van der Waals surface area contributed by atoms with Crippen LogP contribution in [0.2, 0.25) is 0 Å². The maximum Gasteiger partial charge on any atom is 2.00 e. The molecule has 0 aromatic rings. The van der Waals surface area contributed by atoms with Crippen LogP contribution < -0.4 is 5.11 Å². The molecule has 0 unspecified atom stereocenters. The molecule has 0 rings (SSSR count). The molecule has 0 radical (unpaired) electrons. The third kappa shape index (κ3) is 23.9. The summed E-state index contributed by atoms with van der Waals surface area (Å²) in [5.41, 5.74) is 0. The van der Waals surface area contributed by atoms with Crippen LogP contribution in [0.25, 0.3) is 0 Å². The Morgan fingerprint density at radius 2 is 1.62 bits per heavy atom. The molecule has 6 heteroatoms. The Bertz CT molecular complexity index is 50.5. The summed E-state index contributed by atoms with van der Waals surface area (Å²) in [6, 6.07) is 0. The number of carboxylic acid groups (broad SMARTS) is 1. The number of hydrogen-bond acceptors (Lipinski definition) is 4. The summed E-state index contributed by atoms with van der Waals surface area (Å²) < 4.78 is 0. The van der Waals surface area contributed by atoms with E-state index in [1.807, 2.05) is 0 Å². The molecule has 0 amide bonds. The van der Waals surface area contributed by atoms with Gasteiger partial charge in [-0.3, -0.25) is 0 Å². The number of aliphatic carboxylic acids is 1. The summed E-state index contributed by atoms with van der Waals surface area (Å²) in [5, 5.41) is 9.18. The van der Waals surface area contributed by atoms with Crippen molar-refractivity contribution in [2.75, 3.05) is 5.75 Å².